The Balaban J connectivity index is 2.52. The average Bonchev–Trinajstić information content (AvgIpc) is 2.51. The third-order valence-corrected chi connectivity index (χ3v) is 8.92. The molecule has 0 aliphatic rings. The molecule has 1 N–H and O–H groups in total. The molecular weight excluding hydrogens is 362 g/mol. The molecular formula is C23H35NOSi2. The van der Waals surface area contributed by atoms with Gasteiger partial charge in [-0.2, -0.15) is 0 Å². The summed E-state index contributed by atoms with van der Waals surface area (Å²) in [5.41, 5.74) is 2.62. The van der Waals surface area contributed by atoms with Crippen molar-refractivity contribution >= 4 is 38.4 Å². The molecule has 2 nitrogen and oxygen atoms in total. The number of para-hydroxylation sites is 1. The normalized spacial score (nSPS) is 13.4. The highest BCUT2D eigenvalue weighted by Gasteiger charge is 2.23. The van der Waals surface area contributed by atoms with Crippen molar-refractivity contribution in [3.8, 4) is 5.75 Å². The Hall–Kier alpha value is -1.66. The zero-order chi connectivity index (χ0) is 20.6. The van der Waals surface area contributed by atoms with E-state index in [9.17, 15) is 5.11 Å². The van der Waals surface area contributed by atoms with E-state index in [-0.39, 0.29) is 5.41 Å². The van der Waals surface area contributed by atoms with E-state index in [1.54, 1.807) is 0 Å². The number of aliphatic imine (C=N–C) groups is 1. The van der Waals surface area contributed by atoms with E-state index in [1.807, 2.05) is 24.4 Å². The van der Waals surface area contributed by atoms with Crippen molar-refractivity contribution in [2.24, 2.45) is 4.99 Å². The highest BCUT2D eigenvalue weighted by atomic mass is 28.3. The summed E-state index contributed by atoms with van der Waals surface area (Å²) in [4.78, 5) is 4.77. The molecule has 2 aromatic carbocycles. The van der Waals surface area contributed by atoms with Crippen LogP contribution in [0, 0.1) is 0 Å². The fourth-order valence-electron chi connectivity index (χ4n) is 2.97. The minimum absolute atomic E-state index is 0.101. The molecule has 0 amide bonds. The lowest BCUT2D eigenvalue weighted by atomic mass is 9.85. The molecule has 0 heterocycles. The topological polar surface area (TPSA) is 32.6 Å². The van der Waals surface area contributed by atoms with E-state index in [1.165, 1.54) is 10.4 Å². The van der Waals surface area contributed by atoms with Gasteiger partial charge in [-0.1, -0.05) is 88.6 Å². The van der Waals surface area contributed by atoms with Crippen LogP contribution in [0.2, 0.25) is 39.3 Å². The second kappa shape index (κ2) is 7.40. The van der Waals surface area contributed by atoms with Crippen LogP contribution < -0.4 is 10.4 Å². The molecule has 0 aliphatic heterocycles. The number of rotatable bonds is 4. The zero-order valence-corrected chi connectivity index (χ0v) is 20.4. The Morgan fingerprint density at radius 1 is 0.852 bits per heavy atom. The number of hydrogen-bond acceptors (Lipinski definition) is 2. The largest absolute Gasteiger partial charge is 0.507 e. The molecule has 0 aliphatic carbocycles. The standard InChI is InChI=1S/C23H35NOSi2/c1-23(2,3)21-12-10-11-17(22(21)25)16-24-18-13-19(26(4,5)6)15-20(14-18)27(7,8)9/h10-16,25H,1-9H3. The molecule has 0 atom stereocenters. The fraction of sp³-hybridized carbons (Fsp3) is 0.435. The average molecular weight is 398 g/mol. The SMILES string of the molecule is CC(C)(C)c1cccc(C=Nc2cc([Si](C)(C)C)cc([Si](C)(C)C)c2)c1O. The van der Waals surface area contributed by atoms with Gasteiger partial charge >= 0.3 is 0 Å². The summed E-state index contributed by atoms with van der Waals surface area (Å²) >= 11 is 0. The van der Waals surface area contributed by atoms with Gasteiger partial charge in [0.15, 0.2) is 0 Å². The maximum absolute atomic E-state index is 10.7. The van der Waals surface area contributed by atoms with Crippen molar-refractivity contribution in [1.29, 1.82) is 0 Å². The van der Waals surface area contributed by atoms with Crippen LogP contribution in [0.5, 0.6) is 5.75 Å². The molecule has 2 rings (SSSR count). The van der Waals surface area contributed by atoms with E-state index < -0.39 is 16.1 Å². The van der Waals surface area contributed by atoms with Gasteiger partial charge < -0.3 is 5.11 Å². The van der Waals surface area contributed by atoms with Gasteiger partial charge in [0.05, 0.1) is 21.8 Å². The van der Waals surface area contributed by atoms with E-state index in [0.29, 0.717) is 5.75 Å². The Labute approximate surface area is 167 Å². The number of benzene rings is 2. The molecule has 4 heteroatoms. The van der Waals surface area contributed by atoms with Gasteiger partial charge in [0.2, 0.25) is 0 Å². The van der Waals surface area contributed by atoms with Crippen molar-refractivity contribution in [2.75, 3.05) is 0 Å². The first kappa shape index (κ1) is 21.6. The zero-order valence-electron chi connectivity index (χ0n) is 18.4. The Morgan fingerprint density at radius 3 is 1.81 bits per heavy atom. The highest BCUT2D eigenvalue weighted by Crippen LogP contribution is 2.32. The Bertz CT molecular complexity index is 818. The molecule has 0 spiro atoms. The van der Waals surface area contributed by atoms with Crippen LogP contribution in [0.1, 0.15) is 31.9 Å². The predicted molar refractivity (Wildman–Crippen MR) is 126 cm³/mol. The summed E-state index contributed by atoms with van der Waals surface area (Å²) in [6.45, 7) is 20.6. The number of hydrogen-bond donors (Lipinski definition) is 1. The van der Waals surface area contributed by atoms with E-state index in [2.05, 4.69) is 78.3 Å². The van der Waals surface area contributed by atoms with Gasteiger partial charge in [-0.05, 0) is 29.2 Å². The van der Waals surface area contributed by atoms with Crippen molar-refractivity contribution in [3.63, 3.8) is 0 Å². The summed E-state index contributed by atoms with van der Waals surface area (Å²) in [6.07, 6.45) is 1.81. The summed E-state index contributed by atoms with van der Waals surface area (Å²) in [7, 11) is -2.86. The summed E-state index contributed by atoms with van der Waals surface area (Å²) < 4.78 is 0. The highest BCUT2D eigenvalue weighted by molar-refractivity contribution is 6.91. The van der Waals surface area contributed by atoms with Crippen molar-refractivity contribution in [3.05, 3.63) is 47.5 Å². The number of phenolic OH excluding ortho intramolecular Hbond substituents is 1. The molecule has 146 valence electrons. The Kier molecular flexibility index (Phi) is 5.93. The molecule has 0 radical (unpaired) electrons. The third-order valence-electron chi connectivity index (χ3n) is 4.88. The lowest BCUT2D eigenvalue weighted by Gasteiger charge is -2.23. The van der Waals surface area contributed by atoms with Gasteiger partial charge in [-0.15, -0.1) is 0 Å². The smallest absolute Gasteiger partial charge is 0.128 e. The van der Waals surface area contributed by atoms with Crippen molar-refractivity contribution in [2.45, 2.75) is 65.5 Å². The second-order valence-corrected chi connectivity index (χ2v) is 20.7. The van der Waals surface area contributed by atoms with Crippen LogP contribution in [0.3, 0.4) is 0 Å². The summed E-state index contributed by atoms with van der Waals surface area (Å²) in [5, 5.41) is 13.6. The van der Waals surface area contributed by atoms with Crippen LogP contribution in [-0.2, 0) is 5.41 Å². The molecule has 27 heavy (non-hydrogen) atoms. The minimum Gasteiger partial charge on any atom is -0.507 e. The maximum Gasteiger partial charge on any atom is 0.128 e. The van der Waals surface area contributed by atoms with E-state index in [4.69, 9.17) is 4.99 Å². The third kappa shape index (κ3) is 5.42. The van der Waals surface area contributed by atoms with Gasteiger partial charge in [0.25, 0.3) is 0 Å². The maximum atomic E-state index is 10.7. The molecule has 0 aromatic heterocycles. The van der Waals surface area contributed by atoms with Gasteiger partial charge in [0.1, 0.15) is 5.75 Å². The number of aromatic hydroxyl groups is 1. The molecule has 0 unspecified atom stereocenters. The first-order chi connectivity index (χ1) is 12.2. The fourth-order valence-corrected chi connectivity index (χ4v) is 5.45. The van der Waals surface area contributed by atoms with Gasteiger partial charge in [0, 0.05) is 11.8 Å². The van der Waals surface area contributed by atoms with Gasteiger partial charge in [-0.25, -0.2) is 0 Å². The van der Waals surface area contributed by atoms with Crippen LogP contribution in [0.15, 0.2) is 41.4 Å². The quantitative estimate of drug-likeness (QED) is 0.534. The Morgan fingerprint density at radius 2 is 1.37 bits per heavy atom. The lowest BCUT2D eigenvalue weighted by molar-refractivity contribution is 0.446. The lowest BCUT2D eigenvalue weighted by Crippen LogP contribution is -2.44. The molecule has 0 bridgehead atoms. The van der Waals surface area contributed by atoms with Crippen LogP contribution in [0.4, 0.5) is 5.69 Å². The van der Waals surface area contributed by atoms with E-state index >= 15 is 0 Å². The van der Waals surface area contributed by atoms with Crippen molar-refractivity contribution in [1.82, 2.24) is 0 Å². The minimum atomic E-state index is -1.43. The summed E-state index contributed by atoms with van der Waals surface area (Å²) in [6, 6.07) is 12.8. The first-order valence-corrected chi connectivity index (χ1v) is 16.7. The molecule has 0 saturated carbocycles. The monoisotopic (exact) mass is 397 g/mol. The predicted octanol–water partition coefficient (Wildman–Crippen LogP) is 5.53. The molecule has 0 saturated heterocycles. The second-order valence-electron chi connectivity index (χ2n) is 10.5. The van der Waals surface area contributed by atoms with Crippen LogP contribution in [-0.4, -0.2) is 27.5 Å². The van der Waals surface area contributed by atoms with Crippen LogP contribution >= 0.6 is 0 Å². The van der Waals surface area contributed by atoms with E-state index in [0.717, 1.165) is 16.8 Å². The first-order valence-electron chi connectivity index (χ1n) is 9.72. The summed E-state index contributed by atoms with van der Waals surface area (Å²) in [5.74, 6) is 0.334. The number of phenols is 1. The number of nitrogens with zero attached hydrogens (tertiary/aromatic N) is 1. The van der Waals surface area contributed by atoms with Gasteiger partial charge in [-0.3, -0.25) is 4.99 Å². The van der Waals surface area contributed by atoms with Crippen LogP contribution in [0.25, 0.3) is 0 Å². The molecule has 2 aromatic rings. The van der Waals surface area contributed by atoms with Crippen molar-refractivity contribution < 1.29 is 5.11 Å². The molecule has 0 fully saturated rings.